The number of benzene rings is 1. The molecule has 3 heteroatoms. The molecule has 0 aromatic heterocycles. The van der Waals surface area contributed by atoms with Gasteiger partial charge in [0.25, 0.3) is 0 Å². The lowest BCUT2D eigenvalue weighted by molar-refractivity contribution is -0.118. The third-order valence-corrected chi connectivity index (χ3v) is 4.29. The van der Waals surface area contributed by atoms with E-state index in [0.717, 1.165) is 5.69 Å². The van der Waals surface area contributed by atoms with Gasteiger partial charge in [-0.05, 0) is 63.8 Å². The minimum absolute atomic E-state index is 0.0978. The van der Waals surface area contributed by atoms with E-state index in [-0.39, 0.29) is 5.91 Å². The number of carbonyl (C=O) groups excluding carboxylic acids is 1. The van der Waals surface area contributed by atoms with E-state index >= 15 is 0 Å². The van der Waals surface area contributed by atoms with Crippen LogP contribution >= 0.6 is 0 Å². The Kier molecular flexibility index (Phi) is 5.40. The number of hydrogen-bond donors (Lipinski definition) is 1. The number of anilines is 1. The average molecular weight is 288 g/mol. The molecule has 1 aromatic rings. The lowest BCUT2D eigenvalue weighted by Gasteiger charge is -2.31. The lowest BCUT2D eigenvalue weighted by Crippen LogP contribution is -2.43. The molecule has 0 spiro atoms. The van der Waals surface area contributed by atoms with Gasteiger partial charge in [-0.1, -0.05) is 18.9 Å². The van der Waals surface area contributed by atoms with Gasteiger partial charge in [-0.25, -0.2) is 0 Å². The number of carbonyl (C=O) groups is 1. The summed E-state index contributed by atoms with van der Waals surface area (Å²) in [5.74, 6) is 0.0978. The molecule has 1 aliphatic rings. The third kappa shape index (κ3) is 4.57. The molecule has 116 valence electrons. The molecule has 3 nitrogen and oxygen atoms in total. The summed E-state index contributed by atoms with van der Waals surface area (Å²) in [4.78, 5) is 14.7. The molecule has 0 heterocycles. The molecule has 0 unspecified atom stereocenters. The predicted octanol–water partition coefficient (Wildman–Crippen LogP) is 3.89. The maximum absolute atomic E-state index is 12.4. The van der Waals surface area contributed by atoms with Crippen LogP contribution in [0.5, 0.6) is 0 Å². The Morgan fingerprint density at radius 3 is 2.29 bits per heavy atom. The van der Waals surface area contributed by atoms with Gasteiger partial charge >= 0.3 is 0 Å². The number of hydrogen-bond acceptors (Lipinski definition) is 2. The topological polar surface area (TPSA) is 32.3 Å². The van der Waals surface area contributed by atoms with E-state index < -0.39 is 0 Å². The standard InChI is InChI=1S/C18H28N2O/c1-13(2)20(17-7-5-6-8-17)12-18(21)19-16-10-14(3)9-15(4)11-16/h9-11,13,17H,5-8,12H2,1-4H3,(H,19,21). The van der Waals surface area contributed by atoms with E-state index in [2.05, 4.69) is 44.0 Å². The molecule has 0 atom stereocenters. The van der Waals surface area contributed by atoms with E-state index in [4.69, 9.17) is 0 Å². The maximum atomic E-state index is 12.4. The summed E-state index contributed by atoms with van der Waals surface area (Å²) in [7, 11) is 0. The van der Waals surface area contributed by atoms with Gasteiger partial charge in [0, 0.05) is 17.8 Å². The van der Waals surface area contributed by atoms with Gasteiger partial charge < -0.3 is 5.32 Å². The highest BCUT2D eigenvalue weighted by atomic mass is 16.2. The molecular formula is C18H28N2O. The van der Waals surface area contributed by atoms with Gasteiger partial charge in [-0.2, -0.15) is 0 Å². The molecule has 0 aliphatic heterocycles. The molecular weight excluding hydrogens is 260 g/mol. The van der Waals surface area contributed by atoms with Crippen LogP contribution in [0.4, 0.5) is 5.69 Å². The first-order chi connectivity index (χ1) is 9.95. The Bertz CT molecular complexity index is 470. The number of nitrogens with zero attached hydrogens (tertiary/aromatic N) is 1. The lowest BCUT2D eigenvalue weighted by atomic mass is 10.1. The summed E-state index contributed by atoms with van der Waals surface area (Å²) in [6, 6.07) is 7.17. The zero-order chi connectivity index (χ0) is 15.4. The number of rotatable bonds is 5. The van der Waals surface area contributed by atoms with Crippen LogP contribution in [0.15, 0.2) is 18.2 Å². The summed E-state index contributed by atoms with van der Waals surface area (Å²) >= 11 is 0. The van der Waals surface area contributed by atoms with Gasteiger partial charge in [0.15, 0.2) is 0 Å². The van der Waals surface area contributed by atoms with Crippen LogP contribution < -0.4 is 5.32 Å². The summed E-state index contributed by atoms with van der Waals surface area (Å²) in [5.41, 5.74) is 3.27. The molecule has 21 heavy (non-hydrogen) atoms. The minimum atomic E-state index is 0.0978. The second-order valence-electron chi connectivity index (χ2n) is 6.63. The Hall–Kier alpha value is -1.35. The molecule has 1 amide bonds. The first-order valence-corrected chi connectivity index (χ1v) is 8.09. The van der Waals surface area contributed by atoms with Crippen LogP contribution in [0, 0.1) is 13.8 Å². The van der Waals surface area contributed by atoms with Crippen molar-refractivity contribution in [2.24, 2.45) is 0 Å². The van der Waals surface area contributed by atoms with Crippen molar-refractivity contribution in [1.29, 1.82) is 0 Å². The number of nitrogens with one attached hydrogen (secondary N) is 1. The SMILES string of the molecule is Cc1cc(C)cc(NC(=O)CN(C(C)C)C2CCCC2)c1. The zero-order valence-electron chi connectivity index (χ0n) is 13.8. The molecule has 1 aromatic carbocycles. The monoisotopic (exact) mass is 288 g/mol. The van der Waals surface area contributed by atoms with E-state index in [1.165, 1.54) is 36.8 Å². The van der Waals surface area contributed by atoms with Crippen molar-refractivity contribution in [2.75, 3.05) is 11.9 Å². The predicted molar refractivity (Wildman–Crippen MR) is 88.6 cm³/mol. The van der Waals surface area contributed by atoms with Crippen LogP contribution in [-0.4, -0.2) is 29.4 Å². The average Bonchev–Trinajstić information content (AvgIpc) is 2.87. The second kappa shape index (κ2) is 7.08. The Morgan fingerprint density at radius 2 is 1.76 bits per heavy atom. The quantitative estimate of drug-likeness (QED) is 0.891. The zero-order valence-corrected chi connectivity index (χ0v) is 13.8. The van der Waals surface area contributed by atoms with Crippen molar-refractivity contribution in [1.82, 2.24) is 4.90 Å². The van der Waals surface area contributed by atoms with Gasteiger partial charge in [0.1, 0.15) is 0 Å². The molecule has 1 N–H and O–H groups in total. The highest BCUT2D eigenvalue weighted by Crippen LogP contribution is 2.25. The Labute approximate surface area is 128 Å². The highest BCUT2D eigenvalue weighted by molar-refractivity contribution is 5.92. The molecule has 0 saturated heterocycles. The normalized spacial score (nSPS) is 15.9. The fourth-order valence-electron chi connectivity index (χ4n) is 3.38. The first kappa shape index (κ1) is 16.0. The molecule has 1 fully saturated rings. The fourth-order valence-corrected chi connectivity index (χ4v) is 3.38. The van der Waals surface area contributed by atoms with Crippen LogP contribution in [0.1, 0.15) is 50.7 Å². The van der Waals surface area contributed by atoms with Crippen molar-refractivity contribution in [3.05, 3.63) is 29.3 Å². The van der Waals surface area contributed by atoms with E-state index in [1.807, 2.05) is 12.1 Å². The van der Waals surface area contributed by atoms with Crippen LogP contribution in [0.25, 0.3) is 0 Å². The molecule has 0 bridgehead atoms. The van der Waals surface area contributed by atoms with Crippen molar-refractivity contribution < 1.29 is 4.79 Å². The van der Waals surface area contributed by atoms with Crippen LogP contribution in [0.3, 0.4) is 0 Å². The summed E-state index contributed by atoms with van der Waals surface area (Å²) in [6.07, 6.45) is 5.06. The summed E-state index contributed by atoms with van der Waals surface area (Å²) in [6.45, 7) is 8.98. The van der Waals surface area contributed by atoms with Crippen molar-refractivity contribution in [2.45, 2.75) is 65.5 Å². The summed E-state index contributed by atoms with van der Waals surface area (Å²) in [5, 5.41) is 3.05. The van der Waals surface area contributed by atoms with Crippen LogP contribution in [0.2, 0.25) is 0 Å². The van der Waals surface area contributed by atoms with Gasteiger partial charge in [0.2, 0.25) is 5.91 Å². The van der Waals surface area contributed by atoms with Crippen molar-refractivity contribution in [3.8, 4) is 0 Å². The molecule has 1 saturated carbocycles. The van der Waals surface area contributed by atoms with Gasteiger partial charge in [-0.3, -0.25) is 9.69 Å². The van der Waals surface area contributed by atoms with Crippen LogP contribution in [-0.2, 0) is 4.79 Å². The van der Waals surface area contributed by atoms with E-state index in [1.54, 1.807) is 0 Å². The Balaban J connectivity index is 1.98. The number of aryl methyl sites for hydroxylation is 2. The molecule has 0 radical (unpaired) electrons. The first-order valence-electron chi connectivity index (χ1n) is 8.09. The second-order valence-corrected chi connectivity index (χ2v) is 6.63. The van der Waals surface area contributed by atoms with Gasteiger partial charge in [-0.15, -0.1) is 0 Å². The highest BCUT2D eigenvalue weighted by Gasteiger charge is 2.26. The smallest absolute Gasteiger partial charge is 0.238 e. The third-order valence-electron chi connectivity index (χ3n) is 4.29. The number of amides is 1. The minimum Gasteiger partial charge on any atom is -0.325 e. The van der Waals surface area contributed by atoms with Crippen molar-refractivity contribution in [3.63, 3.8) is 0 Å². The molecule has 1 aliphatic carbocycles. The largest absolute Gasteiger partial charge is 0.325 e. The van der Waals surface area contributed by atoms with E-state index in [0.29, 0.717) is 18.6 Å². The van der Waals surface area contributed by atoms with E-state index in [9.17, 15) is 4.79 Å². The van der Waals surface area contributed by atoms with Crippen molar-refractivity contribution >= 4 is 11.6 Å². The molecule has 2 rings (SSSR count). The fraction of sp³-hybridized carbons (Fsp3) is 0.611. The van der Waals surface area contributed by atoms with Gasteiger partial charge in [0.05, 0.1) is 6.54 Å². The summed E-state index contributed by atoms with van der Waals surface area (Å²) < 4.78 is 0. The maximum Gasteiger partial charge on any atom is 0.238 e. The Morgan fingerprint density at radius 1 is 1.19 bits per heavy atom.